The van der Waals surface area contributed by atoms with Gasteiger partial charge in [0.2, 0.25) is 10.0 Å². The number of imidazole rings is 1. The van der Waals surface area contributed by atoms with Crippen LogP contribution in [0.25, 0.3) is 11.2 Å². The summed E-state index contributed by atoms with van der Waals surface area (Å²) in [5, 5.41) is 0. The zero-order valence-corrected chi connectivity index (χ0v) is 19.7. The molecule has 2 aliphatic rings. The summed E-state index contributed by atoms with van der Waals surface area (Å²) in [6.07, 6.45) is 4.56. The molecule has 0 aliphatic heterocycles. The molecule has 8 nitrogen and oxygen atoms in total. The molecule has 2 heterocycles. The number of hydrogen-bond acceptors (Lipinski definition) is 6. The number of aromatic nitrogens is 4. The Bertz CT molecular complexity index is 1290. The quantitative estimate of drug-likeness (QED) is 0.341. The number of hydrogen-bond donors (Lipinski definition) is 2. The molecule has 0 atom stereocenters. The van der Waals surface area contributed by atoms with Gasteiger partial charge < -0.3 is 10.3 Å². The number of benzene rings is 1. The van der Waals surface area contributed by atoms with E-state index >= 15 is 0 Å². The molecule has 0 saturated heterocycles. The Labute approximate surface area is 193 Å². The van der Waals surface area contributed by atoms with Crippen LogP contribution < -0.4 is 10.5 Å². The second-order valence-electron chi connectivity index (χ2n) is 8.18. The van der Waals surface area contributed by atoms with Gasteiger partial charge in [-0.25, -0.2) is 18.1 Å². The van der Waals surface area contributed by atoms with Gasteiger partial charge in [0.15, 0.2) is 17.0 Å². The number of rotatable bonds is 7. The van der Waals surface area contributed by atoms with Gasteiger partial charge in [-0.1, -0.05) is 6.07 Å². The van der Waals surface area contributed by atoms with Gasteiger partial charge in [-0.05, 0) is 77.5 Å². The van der Waals surface area contributed by atoms with Gasteiger partial charge in [-0.2, -0.15) is 14.4 Å². The van der Waals surface area contributed by atoms with Crippen molar-refractivity contribution in [2.45, 2.75) is 51.1 Å². The molecule has 3 aromatic rings. The molecule has 3 N–H and O–H groups in total. The number of nitrogens with one attached hydrogen (secondary N) is 1. The largest absolute Gasteiger partial charge is 0.382 e. The van der Waals surface area contributed by atoms with Gasteiger partial charge in [0, 0.05) is 22.6 Å². The van der Waals surface area contributed by atoms with Gasteiger partial charge in [0.05, 0.1) is 5.75 Å². The number of fused-ring (bicyclic) bond motifs is 2. The highest BCUT2D eigenvalue weighted by Crippen LogP contribution is 2.29. The summed E-state index contributed by atoms with van der Waals surface area (Å²) in [6.45, 7) is 0.102. The predicted octanol–water partition coefficient (Wildman–Crippen LogP) is 2.31. The zero-order chi connectivity index (χ0) is 21.8. The van der Waals surface area contributed by atoms with Crippen molar-refractivity contribution in [3.63, 3.8) is 0 Å². The summed E-state index contributed by atoms with van der Waals surface area (Å²) < 4.78 is 44.2. The third-order valence-corrected chi connectivity index (χ3v) is 8.21. The highest BCUT2D eigenvalue weighted by atomic mass is 127. The monoisotopic (exact) mass is 556 g/mol. The van der Waals surface area contributed by atoms with Crippen molar-refractivity contribution in [2.24, 2.45) is 0 Å². The van der Waals surface area contributed by atoms with Crippen molar-refractivity contribution in [3.8, 4) is 0 Å². The Hall–Kier alpha value is -1.86. The van der Waals surface area contributed by atoms with Crippen LogP contribution in [0.4, 0.5) is 10.2 Å². The van der Waals surface area contributed by atoms with E-state index in [1.807, 2.05) is 0 Å². The van der Waals surface area contributed by atoms with Crippen LogP contribution in [0.3, 0.4) is 0 Å². The highest BCUT2D eigenvalue weighted by Gasteiger charge is 2.27. The lowest BCUT2D eigenvalue weighted by molar-refractivity contribution is 0.542. The minimum Gasteiger partial charge on any atom is -0.382 e. The van der Waals surface area contributed by atoms with E-state index in [1.54, 1.807) is 4.57 Å². The van der Waals surface area contributed by atoms with Crippen LogP contribution in [-0.2, 0) is 35.8 Å². The van der Waals surface area contributed by atoms with Crippen molar-refractivity contribution >= 4 is 49.6 Å². The molecule has 0 spiro atoms. The van der Waals surface area contributed by atoms with Crippen LogP contribution in [0.2, 0.25) is 0 Å². The molecule has 1 aromatic carbocycles. The predicted molar refractivity (Wildman–Crippen MR) is 124 cm³/mol. The number of nitrogens with zero attached hydrogens (tertiary/aromatic N) is 4. The average Bonchev–Trinajstić information content (AvgIpc) is 3.25. The molecule has 2 aliphatic carbocycles. The summed E-state index contributed by atoms with van der Waals surface area (Å²) in [6, 6.07) is 4.45. The fraction of sp³-hybridized carbons (Fsp3) is 0.450. The normalized spacial score (nSPS) is 16.2. The fourth-order valence-corrected chi connectivity index (χ4v) is 6.09. The van der Waals surface area contributed by atoms with E-state index in [-0.39, 0.29) is 29.8 Å². The van der Waals surface area contributed by atoms with E-state index in [4.69, 9.17) is 5.73 Å². The minimum atomic E-state index is -3.46. The van der Waals surface area contributed by atoms with Gasteiger partial charge in [0.25, 0.3) is 0 Å². The van der Waals surface area contributed by atoms with E-state index < -0.39 is 16.1 Å². The van der Waals surface area contributed by atoms with E-state index in [1.165, 1.54) is 11.1 Å². The van der Waals surface area contributed by atoms with Crippen molar-refractivity contribution in [1.29, 1.82) is 0 Å². The summed E-state index contributed by atoms with van der Waals surface area (Å²) >= 11 is 2.32. The summed E-state index contributed by atoms with van der Waals surface area (Å²) in [7, 11) is -3.46. The van der Waals surface area contributed by atoms with Crippen molar-refractivity contribution in [1.82, 2.24) is 24.2 Å². The lowest BCUT2D eigenvalue weighted by atomic mass is 10.0. The van der Waals surface area contributed by atoms with E-state index in [2.05, 4.69) is 54.4 Å². The number of aryl methyl sites for hydroxylation is 3. The Morgan fingerprint density at radius 2 is 1.94 bits per heavy atom. The molecule has 0 unspecified atom stereocenters. The first kappa shape index (κ1) is 21.0. The smallest absolute Gasteiger partial charge is 0.312 e. The molecule has 0 amide bonds. The van der Waals surface area contributed by atoms with Gasteiger partial charge in [0.1, 0.15) is 5.82 Å². The first-order chi connectivity index (χ1) is 14.8. The maximum atomic E-state index is 13.9. The molecule has 2 aromatic heterocycles. The highest BCUT2D eigenvalue weighted by molar-refractivity contribution is 14.1. The van der Waals surface area contributed by atoms with Crippen LogP contribution in [-0.4, -0.2) is 39.7 Å². The molecule has 1 fully saturated rings. The Morgan fingerprint density at radius 1 is 1.19 bits per heavy atom. The molecule has 164 valence electrons. The van der Waals surface area contributed by atoms with Crippen molar-refractivity contribution in [3.05, 3.63) is 44.3 Å². The van der Waals surface area contributed by atoms with Crippen molar-refractivity contribution < 1.29 is 12.8 Å². The first-order valence-corrected chi connectivity index (χ1v) is 13.0. The molecular formula is C20H22FIN6O2S. The number of halogens is 2. The minimum absolute atomic E-state index is 0.0346. The van der Waals surface area contributed by atoms with Crippen LogP contribution >= 0.6 is 22.6 Å². The van der Waals surface area contributed by atoms with Gasteiger partial charge in [-0.3, -0.25) is 0 Å². The third-order valence-electron chi connectivity index (χ3n) is 5.79. The fourth-order valence-electron chi connectivity index (χ4n) is 4.09. The SMILES string of the molecule is Nc1nc(F)nc2c1nc(Cc1cc3c(cc1I)CCC3)n2CCS(=O)(=O)NC1CC1. The zero-order valence-electron chi connectivity index (χ0n) is 16.7. The molecular weight excluding hydrogens is 534 g/mol. The second-order valence-corrected chi connectivity index (χ2v) is 11.2. The molecule has 0 radical (unpaired) electrons. The average molecular weight is 556 g/mol. The van der Waals surface area contributed by atoms with Crippen LogP contribution in [0.15, 0.2) is 12.1 Å². The lowest BCUT2D eigenvalue weighted by Crippen LogP contribution is -2.30. The number of nitrogens with two attached hydrogens (primary N) is 1. The van der Waals surface area contributed by atoms with Crippen molar-refractivity contribution in [2.75, 3.05) is 11.5 Å². The standard InChI is InChI=1S/C20H22FIN6O2S/c21-20-25-18(23)17-19(26-20)28(6-7-31(29,30)27-14-4-5-14)16(24-17)10-13-8-11-2-1-3-12(11)9-15(13)22/h8-9,14,27H,1-7,10H2,(H2,23,25,26). The lowest BCUT2D eigenvalue weighted by Gasteiger charge is -2.12. The third kappa shape index (κ3) is 4.40. The second kappa shape index (κ2) is 7.93. The van der Waals surface area contributed by atoms with E-state index in [9.17, 15) is 12.8 Å². The number of nitrogen functional groups attached to an aromatic ring is 1. The number of anilines is 1. The topological polar surface area (TPSA) is 116 Å². The molecule has 5 rings (SSSR count). The van der Waals surface area contributed by atoms with Crippen LogP contribution in [0, 0.1) is 9.65 Å². The van der Waals surface area contributed by atoms with E-state index in [0.29, 0.717) is 17.8 Å². The van der Waals surface area contributed by atoms with Gasteiger partial charge in [-0.15, -0.1) is 0 Å². The first-order valence-electron chi connectivity index (χ1n) is 10.3. The molecule has 31 heavy (non-hydrogen) atoms. The molecule has 0 bridgehead atoms. The maximum Gasteiger partial charge on any atom is 0.312 e. The van der Waals surface area contributed by atoms with Gasteiger partial charge >= 0.3 is 6.08 Å². The number of sulfonamides is 1. The summed E-state index contributed by atoms with van der Waals surface area (Å²) in [4.78, 5) is 12.0. The van der Waals surface area contributed by atoms with E-state index in [0.717, 1.165) is 41.2 Å². The summed E-state index contributed by atoms with van der Waals surface area (Å²) in [5.41, 5.74) is 10.2. The maximum absolute atomic E-state index is 13.9. The van der Waals surface area contributed by atoms with Crippen LogP contribution in [0.1, 0.15) is 41.8 Å². The molecule has 11 heteroatoms. The summed E-state index contributed by atoms with van der Waals surface area (Å²) in [5.74, 6) is 0.401. The Kier molecular flexibility index (Phi) is 5.37. The molecule has 1 saturated carbocycles. The Balaban J connectivity index is 1.52. The Morgan fingerprint density at radius 3 is 2.68 bits per heavy atom. The van der Waals surface area contributed by atoms with Crippen LogP contribution in [0.5, 0.6) is 0 Å².